The van der Waals surface area contributed by atoms with Crippen LogP contribution in [0, 0.1) is 0 Å². The quantitative estimate of drug-likeness (QED) is 0.744. The average Bonchev–Trinajstić information content (AvgIpc) is 2.48. The van der Waals surface area contributed by atoms with E-state index in [9.17, 15) is 0 Å². The summed E-state index contributed by atoms with van der Waals surface area (Å²) in [4.78, 5) is 8.35. The van der Waals surface area contributed by atoms with Gasteiger partial charge in [0.05, 0.1) is 11.6 Å². The molecule has 2 unspecified atom stereocenters. The summed E-state index contributed by atoms with van der Waals surface area (Å²) >= 11 is 0. The fraction of sp³-hybridized carbons (Fsp3) is 0.600. The Morgan fingerprint density at radius 1 is 1.57 bits per heavy atom. The molecule has 0 saturated carbocycles. The lowest BCUT2D eigenvalue weighted by atomic mass is 9.89. The Morgan fingerprint density at radius 3 is 2.86 bits per heavy atom. The molecule has 4 nitrogen and oxygen atoms in total. The standard InChI is InChI=1S/C10H15N3O/c1-8-10(11,3-6-14-8)7-9-12-4-2-5-13-9/h2,4-5,8H,3,6-7,11H2,1H3. The number of aromatic nitrogens is 2. The molecule has 1 aromatic rings. The minimum absolute atomic E-state index is 0.0892. The van der Waals surface area contributed by atoms with Crippen LogP contribution in [-0.2, 0) is 11.2 Å². The molecule has 0 spiro atoms. The number of hydrogen-bond donors (Lipinski definition) is 1. The summed E-state index contributed by atoms with van der Waals surface area (Å²) in [5, 5.41) is 0. The fourth-order valence-electron chi connectivity index (χ4n) is 1.74. The monoisotopic (exact) mass is 193 g/mol. The summed E-state index contributed by atoms with van der Waals surface area (Å²) < 4.78 is 5.46. The molecule has 1 aromatic heterocycles. The van der Waals surface area contributed by atoms with Gasteiger partial charge in [0.2, 0.25) is 0 Å². The lowest BCUT2D eigenvalue weighted by molar-refractivity contribution is 0.0949. The van der Waals surface area contributed by atoms with Gasteiger partial charge < -0.3 is 10.5 Å². The van der Waals surface area contributed by atoms with Crippen molar-refractivity contribution < 1.29 is 4.74 Å². The normalized spacial score (nSPS) is 32.0. The molecule has 0 aliphatic carbocycles. The summed E-state index contributed by atoms with van der Waals surface area (Å²) in [6.07, 6.45) is 5.14. The van der Waals surface area contributed by atoms with E-state index in [1.54, 1.807) is 18.5 Å². The van der Waals surface area contributed by atoms with E-state index >= 15 is 0 Å². The zero-order valence-corrected chi connectivity index (χ0v) is 8.31. The van der Waals surface area contributed by atoms with Crippen molar-refractivity contribution in [1.82, 2.24) is 9.97 Å². The van der Waals surface area contributed by atoms with E-state index in [1.165, 1.54) is 0 Å². The van der Waals surface area contributed by atoms with E-state index < -0.39 is 0 Å². The van der Waals surface area contributed by atoms with Crippen molar-refractivity contribution in [2.75, 3.05) is 6.61 Å². The van der Waals surface area contributed by atoms with Gasteiger partial charge in [-0.05, 0) is 19.4 Å². The highest BCUT2D eigenvalue weighted by molar-refractivity contribution is 5.03. The third-order valence-electron chi connectivity index (χ3n) is 2.85. The molecule has 1 aliphatic rings. The summed E-state index contributed by atoms with van der Waals surface area (Å²) in [6, 6.07) is 1.81. The zero-order chi connectivity index (χ0) is 10.0. The Labute approximate surface area is 83.5 Å². The van der Waals surface area contributed by atoms with Gasteiger partial charge in [0.15, 0.2) is 0 Å². The summed E-state index contributed by atoms with van der Waals surface area (Å²) in [7, 11) is 0. The summed E-state index contributed by atoms with van der Waals surface area (Å²) in [5.74, 6) is 0.798. The topological polar surface area (TPSA) is 61.0 Å². The van der Waals surface area contributed by atoms with Crippen LogP contribution in [0.2, 0.25) is 0 Å². The van der Waals surface area contributed by atoms with Crippen LogP contribution >= 0.6 is 0 Å². The molecule has 1 aliphatic heterocycles. The van der Waals surface area contributed by atoms with Gasteiger partial charge in [-0.25, -0.2) is 9.97 Å². The Morgan fingerprint density at radius 2 is 2.29 bits per heavy atom. The van der Waals surface area contributed by atoms with E-state index in [1.807, 2.05) is 6.92 Å². The van der Waals surface area contributed by atoms with Gasteiger partial charge in [0.25, 0.3) is 0 Å². The molecule has 0 amide bonds. The molecule has 2 heterocycles. The largest absolute Gasteiger partial charge is 0.377 e. The minimum Gasteiger partial charge on any atom is -0.377 e. The molecule has 0 radical (unpaired) electrons. The van der Waals surface area contributed by atoms with Crippen molar-refractivity contribution in [1.29, 1.82) is 0 Å². The lowest BCUT2D eigenvalue weighted by Crippen LogP contribution is -2.48. The number of rotatable bonds is 2. The average molecular weight is 193 g/mol. The van der Waals surface area contributed by atoms with Gasteiger partial charge in [0, 0.05) is 25.4 Å². The summed E-state index contributed by atoms with van der Waals surface area (Å²) in [6.45, 7) is 2.75. The first-order valence-corrected chi connectivity index (χ1v) is 4.87. The van der Waals surface area contributed by atoms with E-state index in [-0.39, 0.29) is 11.6 Å². The van der Waals surface area contributed by atoms with Gasteiger partial charge in [-0.1, -0.05) is 0 Å². The van der Waals surface area contributed by atoms with Crippen molar-refractivity contribution >= 4 is 0 Å². The summed E-state index contributed by atoms with van der Waals surface area (Å²) in [5.41, 5.74) is 5.94. The number of nitrogens with two attached hydrogens (primary N) is 1. The molecule has 1 fully saturated rings. The van der Waals surface area contributed by atoms with E-state index in [4.69, 9.17) is 10.5 Å². The van der Waals surface area contributed by atoms with Gasteiger partial charge in [-0.2, -0.15) is 0 Å². The van der Waals surface area contributed by atoms with Crippen LogP contribution in [0.1, 0.15) is 19.2 Å². The van der Waals surface area contributed by atoms with E-state index in [0.717, 1.165) is 18.9 Å². The third-order valence-corrected chi connectivity index (χ3v) is 2.85. The molecular formula is C10H15N3O. The number of ether oxygens (including phenoxy) is 1. The molecule has 2 rings (SSSR count). The second-order valence-electron chi connectivity index (χ2n) is 3.84. The first-order chi connectivity index (χ1) is 6.71. The molecule has 0 aromatic carbocycles. The molecule has 76 valence electrons. The maximum Gasteiger partial charge on any atom is 0.130 e. The fourth-order valence-corrected chi connectivity index (χ4v) is 1.74. The highest BCUT2D eigenvalue weighted by Gasteiger charge is 2.38. The Balaban J connectivity index is 2.10. The Kier molecular flexibility index (Phi) is 2.48. The highest BCUT2D eigenvalue weighted by Crippen LogP contribution is 2.25. The van der Waals surface area contributed by atoms with Crippen LogP contribution in [0.5, 0.6) is 0 Å². The maximum atomic E-state index is 6.23. The first-order valence-electron chi connectivity index (χ1n) is 4.87. The van der Waals surface area contributed by atoms with Crippen molar-refractivity contribution in [2.24, 2.45) is 5.73 Å². The van der Waals surface area contributed by atoms with Crippen LogP contribution in [0.25, 0.3) is 0 Å². The Hall–Kier alpha value is -1.00. The van der Waals surface area contributed by atoms with Gasteiger partial charge in [-0.3, -0.25) is 0 Å². The molecule has 4 heteroatoms. The second kappa shape index (κ2) is 3.63. The molecule has 2 atom stereocenters. The van der Waals surface area contributed by atoms with Crippen molar-refractivity contribution in [3.8, 4) is 0 Å². The smallest absolute Gasteiger partial charge is 0.130 e. The predicted octanol–water partition coefficient (Wildman–Crippen LogP) is 0.525. The zero-order valence-electron chi connectivity index (χ0n) is 8.31. The van der Waals surface area contributed by atoms with Crippen molar-refractivity contribution in [3.63, 3.8) is 0 Å². The molecular weight excluding hydrogens is 178 g/mol. The third kappa shape index (κ3) is 1.76. The maximum absolute atomic E-state index is 6.23. The van der Waals surface area contributed by atoms with Crippen LogP contribution in [0.3, 0.4) is 0 Å². The molecule has 14 heavy (non-hydrogen) atoms. The predicted molar refractivity (Wildman–Crippen MR) is 52.7 cm³/mol. The minimum atomic E-state index is -0.290. The van der Waals surface area contributed by atoms with Crippen LogP contribution in [0.4, 0.5) is 0 Å². The Bertz CT molecular complexity index is 303. The second-order valence-corrected chi connectivity index (χ2v) is 3.84. The molecule has 2 N–H and O–H groups in total. The van der Waals surface area contributed by atoms with Crippen molar-refractivity contribution in [2.45, 2.75) is 31.4 Å². The highest BCUT2D eigenvalue weighted by atomic mass is 16.5. The molecule has 1 saturated heterocycles. The van der Waals surface area contributed by atoms with Gasteiger partial charge in [0.1, 0.15) is 5.82 Å². The van der Waals surface area contributed by atoms with Crippen molar-refractivity contribution in [3.05, 3.63) is 24.3 Å². The van der Waals surface area contributed by atoms with Crippen LogP contribution < -0.4 is 5.73 Å². The van der Waals surface area contributed by atoms with E-state index in [2.05, 4.69) is 9.97 Å². The van der Waals surface area contributed by atoms with E-state index in [0.29, 0.717) is 6.42 Å². The van der Waals surface area contributed by atoms with Crippen LogP contribution in [0.15, 0.2) is 18.5 Å². The number of hydrogen-bond acceptors (Lipinski definition) is 4. The van der Waals surface area contributed by atoms with Gasteiger partial charge in [-0.15, -0.1) is 0 Å². The number of nitrogens with zero attached hydrogens (tertiary/aromatic N) is 2. The molecule has 0 bridgehead atoms. The SMILES string of the molecule is CC1OCCC1(N)Cc1ncccn1. The first kappa shape index (κ1) is 9.55. The van der Waals surface area contributed by atoms with Gasteiger partial charge >= 0.3 is 0 Å². The van der Waals surface area contributed by atoms with Crippen LogP contribution in [-0.4, -0.2) is 28.2 Å². The lowest BCUT2D eigenvalue weighted by Gasteiger charge is -2.26.